The molecule has 4 nitrogen and oxygen atoms in total. The molecule has 0 spiro atoms. The molecule has 0 N–H and O–H groups in total. The number of carbonyl (C=O) groups excluding carboxylic acids is 2. The van der Waals surface area contributed by atoms with Crippen LogP contribution in [-0.2, 0) is 9.47 Å². The van der Waals surface area contributed by atoms with Gasteiger partial charge in [0.25, 0.3) is 0 Å². The van der Waals surface area contributed by atoms with E-state index in [4.69, 9.17) is 4.74 Å². The topological polar surface area (TPSA) is 52.6 Å². The van der Waals surface area contributed by atoms with Crippen LogP contribution in [0.1, 0.15) is 53.3 Å². The summed E-state index contributed by atoms with van der Waals surface area (Å²) in [6, 6.07) is 6.25. The van der Waals surface area contributed by atoms with E-state index in [9.17, 15) is 9.59 Å². The summed E-state index contributed by atoms with van der Waals surface area (Å²) in [4.78, 5) is 22.9. The third-order valence-electron chi connectivity index (χ3n) is 2.77. The number of esters is 2. The van der Waals surface area contributed by atoms with Gasteiger partial charge >= 0.3 is 11.9 Å². The Kier molecular flexibility index (Phi) is 6.64. The quantitative estimate of drug-likeness (QED) is 0.560. The predicted octanol–water partition coefficient (Wildman–Crippen LogP) is 3.21. The molecule has 0 aliphatic rings. The molecule has 1 aromatic carbocycles. The van der Waals surface area contributed by atoms with Crippen LogP contribution in [0.2, 0.25) is 0 Å². The lowest BCUT2D eigenvalue weighted by Crippen LogP contribution is -2.07. The van der Waals surface area contributed by atoms with Gasteiger partial charge in [-0.2, -0.15) is 0 Å². The van der Waals surface area contributed by atoms with Gasteiger partial charge in [0.05, 0.1) is 24.8 Å². The molecular weight excluding hydrogens is 244 g/mol. The highest BCUT2D eigenvalue weighted by Crippen LogP contribution is 2.08. The maximum atomic E-state index is 11.7. The highest BCUT2D eigenvalue weighted by molar-refractivity contribution is 5.93. The zero-order valence-corrected chi connectivity index (χ0v) is 11.5. The van der Waals surface area contributed by atoms with E-state index >= 15 is 0 Å². The van der Waals surface area contributed by atoms with Gasteiger partial charge in [-0.15, -0.1) is 0 Å². The molecule has 0 atom stereocenters. The van der Waals surface area contributed by atoms with E-state index in [1.54, 1.807) is 24.3 Å². The first kappa shape index (κ1) is 15.2. The fourth-order valence-electron chi connectivity index (χ4n) is 1.64. The Morgan fingerprint density at radius 2 is 1.53 bits per heavy atom. The molecule has 1 rings (SSSR count). The first-order valence-electron chi connectivity index (χ1n) is 6.54. The Morgan fingerprint density at radius 1 is 0.947 bits per heavy atom. The zero-order valence-electron chi connectivity index (χ0n) is 11.5. The van der Waals surface area contributed by atoms with Crippen LogP contribution < -0.4 is 0 Å². The predicted molar refractivity (Wildman–Crippen MR) is 72.2 cm³/mol. The minimum atomic E-state index is -0.417. The summed E-state index contributed by atoms with van der Waals surface area (Å²) in [5.74, 6) is -0.771. The van der Waals surface area contributed by atoms with Gasteiger partial charge < -0.3 is 9.47 Å². The van der Waals surface area contributed by atoms with Crippen molar-refractivity contribution in [2.45, 2.75) is 32.6 Å². The molecule has 0 aromatic heterocycles. The normalized spacial score (nSPS) is 10.0. The van der Waals surface area contributed by atoms with E-state index in [2.05, 4.69) is 11.7 Å². The Bertz CT molecular complexity index is 409. The van der Waals surface area contributed by atoms with E-state index in [0.29, 0.717) is 17.7 Å². The number of methoxy groups -OCH3 is 1. The SMILES string of the molecule is CCCCCCOC(=O)c1ccc(C(=O)OC)cc1. The van der Waals surface area contributed by atoms with Crippen molar-refractivity contribution in [2.24, 2.45) is 0 Å². The maximum Gasteiger partial charge on any atom is 0.338 e. The molecular formula is C15H20O4. The summed E-state index contributed by atoms with van der Waals surface area (Å²) in [6.07, 6.45) is 4.28. The number of benzene rings is 1. The van der Waals surface area contributed by atoms with Gasteiger partial charge in [-0.05, 0) is 30.7 Å². The molecule has 4 heteroatoms. The van der Waals surface area contributed by atoms with Crippen LogP contribution in [0, 0.1) is 0 Å². The average Bonchev–Trinajstić information content (AvgIpc) is 2.46. The number of ether oxygens (including phenoxy) is 2. The van der Waals surface area contributed by atoms with Gasteiger partial charge in [0.2, 0.25) is 0 Å². The molecule has 0 saturated heterocycles. The summed E-state index contributed by atoms with van der Waals surface area (Å²) >= 11 is 0. The molecule has 0 aliphatic heterocycles. The van der Waals surface area contributed by atoms with Crippen LogP contribution in [0.5, 0.6) is 0 Å². The minimum Gasteiger partial charge on any atom is -0.465 e. The van der Waals surface area contributed by atoms with Crippen molar-refractivity contribution in [2.75, 3.05) is 13.7 Å². The van der Waals surface area contributed by atoms with Gasteiger partial charge in [0, 0.05) is 0 Å². The molecule has 0 unspecified atom stereocenters. The van der Waals surface area contributed by atoms with Gasteiger partial charge in [-0.3, -0.25) is 0 Å². The third-order valence-corrected chi connectivity index (χ3v) is 2.77. The van der Waals surface area contributed by atoms with E-state index in [1.165, 1.54) is 7.11 Å². The van der Waals surface area contributed by atoms with Crippen LogP contribution in [0.25, 0.3) is 0 Å². The molecule has 0 fully saturated rings. The number of hydrogen-bond acceptors (Lipinski definition) is 4. The second kappa shape index (κ2) is 8.29. The minimum absolute atomic E-state index is 0.354. The Balaban J connectivity index is 2.42. The van der Waals surface area contributed by atoms with Gasteiger partial charge in [0.1, 0.15) is 0 Å². The zero-order chi connectivity index (χ0) is 14.1. The fourth-order valence-corrected chi connectivity index (χ4v) is 1.64. The third kappa shape index (κ3) is 5.12. The molecule has 0 radical (unpaired) electrons. The Morgan fingerprint density at radius 3 is 2.05 bits per heavy atom. The van der Waals surface area contributed by atoms with Crippen LogP contribution in [0.4, 0.5) is 0 Å². The number of unbranched alkanes of at least 4 members (excludes halogenated alkanes) is 3. The standard InChI is InChI=1S/C15H20O4/c1-3-4-5-6-11-19-15(17)13-9-7-12(8-10-13)14(16)18-2/h7-10H,3-6,11H2,1-2H3. The molecule has 0 aliphatic carbocycles. The molecule has 0 amide bonds. The summed E-state index contributed by atoms with van der Waals surface area (Å²) in [5.41, 5.74) is 0.866. The first-order chi connectivity index (χ1) is 9.19. The lowest BCUT2D eigenvalue weighted by molar-refractivity contribution is 0.0496. The van der Waals surface area contributed by atoms with Crippen molar-refractivity contribution in [3.8, 4) is 0 Å². The lowest BCUT2D eigenvalue weighted by Gasteiger charge is -2.05. The number of hydrogen-bond donors (Lipinski definition) is 0. The van der Waals surface area contributed by atoms with E-state index in [1.807, 2.05) is 0 Å². The van der Waals surface area contributed by atoms with Crippen LogP contribution in [-0.4, -0.2) is 25.7 Å². The van der Waals surface area contributed by atoms with Crippen molar-refractivity contribution in [1.29, 1.82) is 0 Å². The van der Waals surface area contributed by atoms with Crippen molar-refractivity contribution in [3.05, 3.63) is 35.4 Å². The number of rotatable bonds is 7. The van der Waals surface area contributed by atoms with Gasteiger partial charge in [-0.1, -0.05) is 26.2 Å². The second-order valence-corrected chi connectivity index (χ2v) is 4.27. The van der Waals surface area contributed by atoms with Crippen molar-refractivity contribution < 1.29 is 19.1 Å². The van der Waals surface area contributed by atoms with Gasteiger partial charge in [0.15, 0.2) is 0 Å². The molecule has 19 heavy (non-hydrogen) atoms. The molecule has 1 aromatic rings. The van der Waals surface area contributed by atoms with Crippen LogP contribution in [0.15, 0.2) is 24.3 Å². The first-order valence-corrected chi connectivity index (χ1v) is 6.54. The smallest absolute Gasteiger partial charge is 0.338 e. The maximum absolute atomic E-state index is 11.7. The van der Waals surface area contributed by atoms with Crippen molar-refractivity contribution >= 4 is 11.9 Å². The lowest BCUT2D eigenvalue weighted by atomic mass is 10.1. The van der Waals surface area contributed by atoms with E-state index in [0.717, 1.165) is 25.7 Å². The fraction of sp³-hybridized carbons (Fsp3) is 0.467. The monoisotopic (exact) mass is 264 g/mol. The summed E-state index contributed by atoms with van der Waals surface area (Å²) < 4.78 is 9.73. The van der Waals surface area contributed by atoms with E-state index < -0.39 is 5.97 Å². The average molecular weight is 264 g/mol. The largest absolute Gasteiger partial charge is 0.465 e. The van der Waals surface area contributed by atoms with Crippen LogP contribution in [0.3, 0.4) is 0 Å². The summed E-state index contributed by atoms with van der Waals surface area (Å²) in [5, 5.41) is 0. The van der Waals surface area contributed by atoms with Crippen LogP contribution >= 0.6 is 0 Å². The highest BCUT2D eigenvalue weighted by Gasteiger charge is 2.09. The number of carbonyl (C=O) groups is 2. The molecule has 0 saturated carbocycles. The highest BCUT2D eigenvalue weighted by atomic mass is 16.5. The van der Waals surface area contributed by atoms with Crippen molar-refractivity contribution in [3.63, 3.8) is 0 Å². The Hall–Kier alpha value is -1.84. The van der Waals surface area contributed by atoms with Gasteiger partial charge in [-0.25, -0.2) is 9.59 Å². The van der Waals surface area contributed by atoms with E-state index in [-0.39, 0.29) is 5.97 Å². The second-order valence-electron chi connectivity index (χ2n) is 4.27. The molecule has 104 valence electrons. The summed E-state index contributed by atoms with van der Waals surface area (Å²) in [6.45, 7) is 2.58. The Labute approximate surface area is 113 Å². The molecule has 0 heterocycles. The van der Waals surface area contributed by atoms with Crippen molar-refractivity contribution in [1.82, 2.24) is 0 Å². The summed E-state index contributed by atoms with van der Waals surface area (Å²) in [7, 11) is 1.32. The molecule has 0 bridgehead atoms.